The first-order valence-corrected chi connectivity index (χ1v) is 9.01. The molecule has 134 valence electrons. The Kier molecular flexibility index (Phi) is 5.74. The van der Waals surface area contributed by atoms with Crippen LogP contribution in [0.5, 0.6) is 0 Å². The Balaban J connectivity index is 1.53. The number of aryl methyl sites for hydroxylation is 1. The van der Waals surface area contributed by atoms with Crippen molar-refractivity contribution in [1.82, 2.24) is 5.32 Å². The lowest BCUT2D eigenvalue weighted by Crippen LogP contribution is -2.37. The number of hydrogen-bond acceptors (Lipinski definition) is 2. The fourth-order valence-corrected chi connectivity index (χ4v) is 3.04. The SMILES string of the molecule is CCN(CCNC(=O)Nc1ccc2ccccc2c1)c1cccc(C)c1. The van der Waals surface area contributed by atoms with Crippen LogP contribution in [0, 0.1) is 6.92 Å². The van der Waals surface area contributed by atoms with Crippen LogP contribution in [-0.2, 0) is 0 Å². The quantitative estimate of drug-likeness (QED) is 0.673. The minimum Gasteiger partial charge on any atom is -0.370 e. The second kappa shape index (κ2) is 8.39. The Morgan fingerprint density at radius 3 is 2.54 bits per heavy atom. The highest BCUT2D eigenvalue weighted by atomic mass is 16.2. The summed E-state index contributed by atoms with van der Waals surface area (Å²) in [5, 5.41) is 8.12. The number of fused-ring (bicyclic) bond motifs is 1. The molecule has 0 aromatic heterocycles. The van der Waals surface area contributed by atoms with Gasteiger partial charge in [0.2, 0.25) is 0 Å². The van der Waals surface area contributed by atoms with Gasteiger partial charge in [0.15, 0.2) is 0 Å². The van der Waals surface area contributed by atoms with Gasteiger partial charge in [0.1, 0.15) is 0 Å². The lowest BCUT2D eigenvalue weighted by atomic mass is 10.1. The van der Waals surface area contributed by atoms with Gasteiger partial charge < -0.3 is 15.5 Å². The summed E-state index contributed by atoms with van der Waals surface area (Å²) < 4.78 is 0. The highest BCUT2D eigenvalue weighted by Crippen LogP contribution is 2.18. The zero-order chi connectivity index (χ0) is 18.4. The van der Waals surface area contributed by atoms with Crippen molar-refractivity contribution in [1.29, 1.82) is 0 Å². The summed E-state index contributed by atoms with van der Waals surface area (Å²) >= 11 is 0. The molecule has 0 heterocycles. The van der Waals surface area contributed by atoms with E-state index in [1.165, 1.54) is 11.3 Å². The molecule has 2 amide bonds. The first-order valence-electron chi connectivity index (χ1n) is 9.01. The fourth-order valence-electron chi connectivity index (χ4n) is 3.04. The molecular formula is C22H25N3O. The lowest BCUT2D eigenvalue weighted by Gasteiger charge is -2.23. The third-order valence-corrected chi connectivity index (χ3v) is 4.42. The maximum atomic E-state index is 12.2. The molecule has 0 aliphatic rings. The van der Waals surface area contributed by atoms with E-state index in [0.29, 0.717) is 6.54 Å². The largest absolute Gasteiger partial charge is 0.370 e. The molecule has 2 N–H and O–H groups in total. The number of rotatable bonds is 6. The van der Waals surface area contributed by atoms with Crippen LogP contribution in [-0.4, -0.2) is 25.7 Å². The van der Waals surface area contributed by atoms with Gasteiger partial charge in [-0.1, -0.05) is 42.5 Å². The Hall–Kier alpha value is -3.01. The molecule has 3 rings (SSSR count). The number of benzene rings is 3. The Bertz CT molecular complexity index is 891. The van der Waals surface area contributed by atoms with E-state index >= 15 is 0 Å². The van der Waals surface area contributed by atoms with Crippen LogP contribution < -0.4 is 15.5 Å². The van der Waals surface area contributed by atoms with E-state index in [0.717, 1.165) is 29.5 Å². The molecule has 0 fully saturated rings. The van der Waals surface area contributed by atoms with Crippen molar-refractivity contribution in [2.75, 3.05) is 29.9 Å². The van der Waals surface area contributed by atoms with Gasteiger partial charge in [-0.3, -0.25) is 0 Å². The van der Waals surface area contributed by atoms with Gasteiger partial charge in [0, 0.05) is 31.0 Å². The molecule has 0 unspecified atom stereocenters. The molecule has 0 spiro atoms. The number of hydrogen-bond donors (Lipinski definition) is 2. The van der Waals surface area contributed by atoms with Crippen molar-refractivity contribution in [3.8, 4) is 0 Å². The summed E-state index contributed by atoms with van der Waals surface area (Å²) in [4.78, 5) is 14.4. The second-order valence-corrected chi connectivity index (χ2v) is 6.36. The fraction of sp³-hybridized carbons (Fsp3) is 0.227. The van der Waals surface area contributed by atoms with Crippen LogP contribution in [0.25, 0.3) is 10.8 Å². The highest BCUT2D eigenvalue weighted by molar-refractivity contribution is 5.93. The van der Waals surface area contributed by atoms with Crippen LogP contribution in [0.2, 0.25) is 0 Å². The number of amides is 2. The van der Waals surface area contributed by atoms with Gasteiger partial charge in [-0.2, -0.15) is 0 Å². The summed E-state index contributed by atoms with van der Waals surface area (Å²) in [5.41, 5.74) is 3.22. The van der Waals surface area contributed by atoms with E-state index < -0.39 is 0 Å². The third kappa shape index (κ3) is 4.54. The number of nitrogens with one attached hydrogen (secondary N) is 2. The Morgan fingerprint density at radius 1 is 0.962 bits per heavy atom. The van der Waals surface area contributed by atoms with Crippen molar-refractivity contribution < 1.29 is 4.79 Å². The summed E-state index contributed by atoms with van der Waals surface area (Å²) in [6, 6.07) is 22.3. The van der Waals surface area contributed by atoms with E-state index in [4.69, 9.17) is 0 Å². The van der Waals surface area contributed by atoms with Gasteiger partial charge in [0.05, 0.1) is 0 Å². The minimum atomic E-state index is -0.180. The number of anilines is 2. The highest BCUT2D eigenvalue weighted by Gasteiger charge is 2.06. The second-order valence-electron chi connectivity index (χ2n) is 6.36. The molecule has 26 heavy (non-hydrogen) atoms. The Labute approximate surface area is 154 Å². The van der Waals surface area contributed by atoms with E-state index in [9.17, 15) is 4.79 Å². The molecule has 0 radical (unpaired) electrons. The van der Waals surface area contributed by atoms with Crippen molar-refractivity contribution in [2.24, 2.45) is 0 Å². The van der Waals surface area contributed by atoms with Gasteiger partial charge >= 0.3 is 6.03 Å². The van der Waals surface area contributed by atoms with Crippen molar-refractivity contribution in [3.05, 3.63) is 72.3 Å². The monoisotopic (exact) mass is 347 g/mol. The van der Waals surface area contributed by atoms with Gasteiger partial charge in [-0.05, 0) is 54.4 Å². The number of urea groups is 1. The molecule has 0 bridgehead atoms. The summed E-state index contributed by atoms with van der Waals surface area (Å²) in [6.07, 6.45) is 0. The first kappa shape index (κ1) is 17.8. The molecule has 3 aromatic carbocycles. The molecule has 0 aliphatic heterocycles. The number of nitrogens with zero attached hydrogens (tertiary/aromatic N) is 1. The average Bonchev–Trinajstić information content (AvgIpc) is 2.65. The summed E-state index contributed by atoms with van der Waals surface area (Å²) in [5.74, 6) is 0. The smallest absolute Gasteiger partial charge is 0.319 e. The predicted octanol–water partition coefficient (Wildman–Crippen LogP) is 4.80. The van der Waals surface area contributed by atoms with Gasteiger partial charge in [0.25, 0.3) is 0 Å². The van der Waals surface area contributed by atoms with Crippen LogP contribution in [0.15, 0.2) is 66.7 Å². The molecule has 4 nitrogen and oxygen atoms in total. The first-order chi connectivity index (χ1) is 12.7. The van der Waals surface area contributed by atoms with E-state index in [2.05, 4.69) is 59.7 Å². The molecule has 0 saturated heterocycles. The molecule has 4 heteroatoms. The number of likely N-dealkylation sites (N-methyl/N-ethyl adjacent to an activating group) is 1. The topological polar surface area (TPSA) is 44.4 Å². The van der Waals surface area contributed by atoms with Crippen LogP contribution in [0.3, 0.4) is 0 Å². The normalized spacial score (nSPS) is 10.5. The number of carbonyl (C=O) groups excluding carboxylic acids is 1. The molecule has 3 aromatic rings. The van der Waals surface area contributed by atoms with E-state index in [1.54, 1.807) is 0 Å². The molecular weight excluding hydrogens is 322 g/mol. The van der Waals surface area contributed by atoms with E-state index in [1.807, 2.05) is 36.4 Å². The third-order valence-electron chi connectivity index (χ3n) is 4.42. The van der Waals surface area contributed by atoms with Gasteiger partial charge in [-0.25, -0.2) is 4.79 Å². The predicted molar refractivity (Wildman–Crippen MR) is 110 cm³/mol. The Morgan fingerprint density at radius 2 is 1.77 bits per heavy atom. The maximum Gasteiger partial charge on any atom is 0.319 e. The van der Waals surface area contributed by atoms with Crippen LogP contribution in [0.1, 0.15) is 12.5 Å². The van der Waals surface area contributed by atoms with E-state index in [-0.39, 0.29) is 6.03 Å². The summed E-state index contributed by atoms with van der Waals surface area (Å²) in [7, 11) is 0. The zero-order valence-corrected chi connectivity index (χ0v) is 15.3. The molecule has 0 aliphatic carbocycles. The molecule has 0 saturated carbocycles. The minimum absolute atomic E-state index is 0.180. The number of carbonyl (C=O) groups is 1. The van der Waals surface area contributed by atoms with Crippen molar-refractivity contribution >= 4 is 28.2 Å². The van der Waals surface area contributed by atoms with Crippen molar-refractivity contribution in [3.63, 3.8) is 0 Å². The molecule has 0 atom stereocenters. The van der Waals surface area contributed by atoms with Gasteiger partial charge in [-0.15, -0.1) is 0 Å². The van der Waals surface area contributed by atoms with Crippen LogP contribution >= 0.6 is 0 Å². The van der Waals surface area contributed by atoms with Crippen LogP contribution in [0.4, 0.5) is 16.2 Å². The summed E-state index contributed by atoms with van der Waals surface area (Å²) in [6.45, 7) is 6.47. The standard InChI is InChI=1S/C22H25N3O/c1-3-25(21-10-6-7-17(2)15-21)14-13-23-22(26)24-20-12-11-18-8-4-5-9-19(18)16-20/h4-12,15-16H,3,13-14H2,1-2H3,(H2,23,24,26). The maximum absolute atomic E-state index is 12.2. The average molecular weight is 347 g/mol. The lowest BCUT2D eigenvalue weighted by molar-refractivity contribution is 0.252. The zero-order valence-electron chi connectivity index (χ0n) is 15.3. The van der Waals surface area contributed by atoms with Crippen molar-refractivity contribution in [2.45, 2.75) is 13.8 Å².